The van der Waals surface area contributed by atoms with Crippen molar-refractivity contribution >= 4 is 11.9 Å². The highest BCUT2D eigenvalue weighted by atomic mass is 16.6. The molecular formula is C15H25NO6. The molecule has 2 aliphatic rings. The topological polar surface area (TPSA) is 83.1 Å². The Morgan fingerprint density at radius 3 is 2.50 bits per heavy atom. The predicted octanol–water partition coefficient (Wildman–Crippen LogP) is 0.263. The van der Waals surface area contributed by atoms with Crippen LogP contribution in [-0.4, -0.2) is 63.2 Å². The summed E-state index contributed by atoms with van der Waals surface area (Å²) in [6.07, 6.45) is 0.850. The zero-order valence-electron chi connectivity index (χ0n) is 13.4. The van der Waals surface area contributed by atoms with Crippen LogP contribution in [0.3, 0.4) is 0 Å². The summed E-state index contributed by atoms with van der Waals surface area (Å²) >= 11 is 0. The second-order valence-electron chi connectivity index (χ2n) is 5.65. The molecule has 2 saturated heterocycles. The minimum atomic E-state index is -0.431. The van der Waals surface area contributed by atoms with Crippen LogP contribution in [0.1, 0.15) is 26.7 Å². The molecule has 7 heteroatoms. The van der Waals surface area contributed by atoms with E-state index in [9.17, 15) is 9.59 Å². The van der Waals surface area contributed by atoms with Gasteiger partial charge >= 0.3 is 5.97 Å². The molecule has 0 aromatic carbocycles. The van der Waals surface area contributed by atoms with E-state index in [1.165, 1.54) is 7.11 Å². The largest absolute Gasteiger partial charge is 0.467 e. The van der Waals surface area contributed by atoms with Gasteiger partial charge in [-0.2, -0.15) is 0 Å². The smallest absolute Gasteiger partial charge is 0.331 e. The van der Waals surface area contributed by atoms with E-state index in [4.69, 9.17) is 14.2 Å². The SMILES string of the molecule is CCC(CC)C(=O)N[C@H]1CO[C@H]2[C@@H]1OC[C@H]2OCC(=O)OC. The van der Waals surface area contributed by atoms with Crippen molar-refractivity contribution in [2.24, 2.45) is 5.92 Å². The van der Waals surface area contributed by atoms with Crippen molar-refractivity contribution in [3.8, 4) is 0 Å². The molecule has 1 N–H and O–H groups in total. The molecule has 2 heterocycles. The second kappa shape index (κ2) is 7.89. The van der Waals surface area contributed by atoms with Crippen molar-refractivity contribution in [3.63, 3.8) is 0 Å². The fourth-order valence-electron chi connectivity index (χ4n) is 2.92. The number of hydrogen-bond donors (Lipinski definition) is 1. The van der Waals surface area contributed by atoms with Gasteiger partial charge in [0.1, 0.15) is 24.9 Å². The lowest BCUT2D eigenvalue weighted by Crippen LogP contribution is -2.46. The van der Waals surface area contributed by atoms with Crippen LogP contribution in [0, 0.1) is 5.92 Å². The van der Waals surface area contributed by atoms with Crippen LogP contribution in [0.4, 0.5) is 0 Å². The highest BCUT2D eigenvalue weighted by Gasteiger charge is 2.49. The molecule has 0 bridgehead atoms. The molecule has 7 nitrogen and oxygen atoms in total. The first-order valence-corrected chi connectivity index (χ1v) is 7.82. The Balaban J connectivity index is 1.84. The Bertz CT molecular complexity index is 397. The van der Waals surface area contributed by atoms with Gasteiger partial charge in [0.25, 0.3) is 0 Å². The van der Waals surface area contributed by atoms with E-state index in [2.05, 4.69) is 10.1 Å². The van der Waals surface area contributed by atoms with Crippen LogP contribution in [-0.2, 0) is 28.5 Å². The number of amides is 1. The highest BCUT2D eigenvalue weighted by Crippen LogP contribution is 2.29. The van der Waals surface area contributed by atoms with Crippen molar-refractivity contribution in [1.29, 1.82) is 0 Å². The summed E-state index contributed by atoms with van der Waals surface area (Å²) in [5.74, 6) is -0.367. The van der Waals surface area contributed by atoms with E-state index in [1.807, 2.05) is 13.8 Å². The first-order valence-electron chi connectivity index (χ1n) is 7.82. The summed E-state index contributed by atoms with van der Waals surface area (Å²) in [6, 6.07) is -0.162. The first kappa shape index (κ1) is 17.2. The quantitative estimate of drug-likeness (QED) is 0.679. The van der Waals surface area contributed by atoms with Crippen LogP contribution in [0.5, 0.6) is 0 Å². The van der Waals surface area contributed by atoms with Gasteiger partial charge < -0.3 is 24.3 Å². The zero-order chi connectivity index (χ0) is 16.1. The molecule has 0 saturated carbocycles. The minimum Gasteiger partial charge on any atom is -0.467 e. The molecule has 0 unspecified atom stereocenters. The number of methoxy groups -OCH3 is 1. The van der Waals surface area contributed by atoms with Crippen molar-refractivity contribution in [3.05, 3.63) is 0 Å². The van der Waals surface area contributed by atoms with Gasteiger partial charge in [-0.05, 0) is 12.8 Å². The lowest BCUT2D eigenvalue weighted by molar-refractivity contribution is -0.150. The summed E-state index contributed by atoms with van der Waals surface area (Å²) in [5.41, 5.74) is 0. The van der Waals surface area contributed by atoms with Crippen LogP contribution < -0.4 is 5.32 Å². The molecule has 0 aromatic rings. The van der Waals surface area contributed by atoms with E-state index in [0.717, 1.165) is 12.8 Å². The number of ether oxygens (including phenoxy) is 4. The maximum Gasteiger partial charge on any atom is 0.331 e. The van der Waals surface area contributed by atoms with E-state index < -0.39 is 5.97 Å². The zero-order valence-corrected chi connectivity index (χ0v) is 13.4. The number of hydrogen-bond acceptors (Lipinski definition) is 6. The van der Waals surface area contributed by atoms with Gasteiger partial charge in [0.2, 0.25) is 5.91 Å². The second-order valence-corrected chi connectivity index (χ2v) is 5.65. The number of fused-ring (bicyclic) bond motifs is 1. The highest BCUT2D eigenvalue weighted by molar-refractivity contribution is 5.79. The molecule has 0 radical (unpaired) electrons. The maximum absolute atomic E-state index is 12.2. The number of carbonyl (C=O) groups is 2. The average Bonchev–Trinajstić information content (AvgIpc) is 3.09. The average molecular weight is 315 g/mol. The molecule has 4 atom stereocenters. The van der Waals surface area contributed by atoms with E-state index in [0.29, 0.717) is 13.2 Å². The van der Waals surface area contributed by atoms with Gasteiger partial charge in [0.15, 0.2) is 0 Å². The number of rotatable bonds is 7. The lowest BCUT2D eigenvalue weighted by Gasteiger charge is -2.20. The van der Waals surface area contributed by atoms with Crippen molar-refractivity contribution < 1.29 is 28.5 Å². The third kappa shape index (κ3) is 3.77. The molecule has 22 heavy (non-hydrogen) atoms. The van der Waals surface area contributed by atoms with Crippen LogP contribution in [0.15, 0.2) is 0 Å². The van der Waals surface area contributed by atoms with Gasteiger partial charge in [-0.3, -0.25) is 4.79 Å². The first-order chi connectivity index (χ1) is 10.6. The van der Waals surface area contributed by atoms with E-state index in [1.54, 1.807) is 0 Å². The maximum atomic E-state index is 12.2. The third-order valence-corrected chi connectivity index (χ3v) is 4.33. The molecule has 0 aliphatic carbocycles. The molecule has 2 aliphatic heterocycles. The van der Waals surface area contributed by atoms with Gasteiger partial charge in [-0.25, -0.2) is 4.79 Å². The molecular weight excluding hydrogens is 290 g/mol. The Labute approximate surface area is 130 Å². The Morgan fingerprint density at radius 2 is 1.86 bits per heavy atom. The van der Waals surface area contributed by atoms with Gasteiger partial charge in [0, 0.05) is 5.92 Å². The molecule has 1 amide bonds. The van der Waals surface area contributed by atoms with Crippen molar-refractivity contribution in [1.82, 2.24) is 5.32 Å². The molecule has 2 fully saturated rings. The predicted molar refractivity (Wildman–Crippen MR) is 77.2 cm³/mol. The van der Waals surface area contributed by atoms with Crippen molar-refractivity contribution in [2.75, 3.05) is 26.9 Å². The fourth-order valence-corrected chi connectivity index (χ4v) is 2.92. The van der Waals surface area contributed by atoms with Crippen LogP contribution in [0.2, 0.25) is 0 Å². The Kier molecular flexibility index (Phi) is 6.16. The number of carbonyl (C=O) groups excluding carboxylic acids is 2. The third-order valence-electron chi connectivity index (χ3n) is 4.33. The normalized spacial score (nSPS) is 30.4. The summed E-state index contributed by atoms with van der Waals surface area (Å²) in [5, 5.41) is 3.01. The molecule has 126 valence electrons. The van der Waals surface area contributed by atoms with Gasteiger partial charge in [-0.15, -0.1) is 0 Å². The summed E-state index contributed by atoms with van der Waals surface area (Å²) in [7, 11) is 1.31. The number of esters is 1. The standard InChI is InChI=1S/C15H25NO6/c1-4-9(5-2)15(18)16-10-6-21-14-11(7-22-13(10)14)20-8-12(17)19-3/h9-11,13-14H,4-8H2,1-3H3,(H,16,18)/t10-,11+,13+,14+/m0/s1. The molecule has 2 rings (SSSR count). The molecule has 0 spiro atoms. The summed E-state index contributed by atoms with van der Waals surface area (Å²) in [6.45, 7) is 4.64. The van der Waals surface area contributed by atoms with Crippen LogP contribution in [0.25, 0.3) is 0 Å². The summed E-state index contributed by atoms with van der Waals surface area (Å²) < 4.78 is 21.4. The Hall–Kier alpha value is -1.18. The summed E-state index contributed by atoms with van der Waals surface area (Å²) in [4.78, 5) is 23.3. The molecule has 0 aromatic heterocycles. The number of nitrogens with one attached hydrogen (secondary N) is 1. The van der Waals surface area contributed by atoms with Gasteiger partial charge in [0.05, 0.1) is 26.4 Å². The van der Waals surface area contributed by atoms with E-state index >= 15 is 0 Å². The Morgan fingerprint density at radius 1 is 1.18 bits per heavy atom. The van der Waals surface area contributed by atoms with Crippen LogP contribution >= 0.6 is 0 Å². The lowest BCUT2D eigenvalue weighted by atomic mass is 10.0. The van der Waals surface area contributed by atoms with Gasteiger partial charge in [-0.1, -0.05) is 13.8 Å². The van der Waals surface area contributed by atoms with E-state index in [-0.39, 0.29) is 42.8 Å². The minimum absolute atomic E-state index is 0.0202. The monoisotopic (exact) mass is 315 g/mol. The fraction of sp³-hybridized carbons (Fsp3) is 0.867. The van der Waals surface area contributed by atoms with Crippen molar-refractivity contribution in [2.45, 2.75) is 51.0 Å².